The third kappa shape index (κ3) is 6.19. The highest BCUT2D eigenvalue weighted by molar-refractivity contribution is 6.28. The van der Waals surface area contributed by atoms with E-state index in [0.29, 0.717) is 16.7 Å². The van der Waals surface area contributed by atoms with Crippen LogP contribution < -0.4 is 5.32 Å². The van der Waals surface area contributed by atoms with E-state index in [4.69, 9.17) is 4.74 Å². The molecule has 2 rings (SSSR count). The van der Waals surface area contributed by atoms with Crippen LogP contribution in [0.25, 0.3) is 5.57 Å². The minimum atomic E-state index is -0.643. The smallest absolute Gasteiger partial charge is 0.413 e. The van der Waals surface area contributed by atoms with Crippen LogP contribution in [-0.4, -0.2) is 41.5 Å². The van der Waals surface area contributed by atoms with Crippen molar-refractivity contribution in [2.45, 2.75) is 26.4 Å². The first-order chi connectivity index (χ1) is 13.0. The number of allylic oxidation sites excluding steroid dienone is 1. The molecular formula is C21H24FN3O3. The van der Waals surface area contributed by atoms with E-state index in [9.17, 15) is 14.0 Å². The van der Waals surface area contributed by atoms with Gasteiger partial charge in [0, 0.05) is 37.6 Å². The zero-order chi connectivity index (χ0) is 20.9. The first kappa shape index (κ1) is 21.1. The molecule has 0 spiro atoms. The minimum absolute atomic E-state index is 0.253. The Kier molecular flexibility index (Phi) is 6.51. The standard InChI is InChI=1S/C21H24FN3O3/c1-21(2,3)28-20(27)24-18-12-15(10-11-23-18)17(13-25(4)5)19(26)14-6-8-16(22)9-7-14/h6-13H,1-5H3,(H,23,24,27)/b17-13+. The number of halogens is 1. The highest BCUT2D eigenvalue weighted by atomic mass is 19.1. The van der Waals surface area contributed by atoms with E-state index >= 15 is 0 Å². The molecule has 1 aromatic heterocycles. The van der Waals surface area contributed by atoms with Crippen molar-refractivity contribution in [2.24, 2.45) is 0 Å². The number of anilines is 1. The molecule has 1 aromatic carbocycles. The van der Waals surface area contributed by atoms with Crippen molar-refractivity contribution < 1.29 is 18.7 Å². The van der Waals surface area contributed by atoms with Gasteiger partial charge in [0.1, 0.15) is 17.2 Å². The summed E-state index contributed by atoms with van der Waals surface area (Å²) in [4.78, 5) is 30.8. The lowest BCUT2D eigenvalue weighted by Crippen LogP contribution is -2.27. The van der Waals surface area contributed by atoms with E-state index in [1.54, 1.807) is 58.1 Å². The van der Waals surface area contributed by atoms with Crippen LogP contribution in [0.3, 0.4) is 0 Å². The Hall–Kier alpha value is -3.22. The first-order valence-electron chi connectivity index (χ1n) is 8.70. The van der Waals surface area contributed by atoms with Gasteiger partial charge in [-0.15, -0.1) is 0 Å². The molecule has 0 unspecified atom stereocenters. The molecule has 0 bridgehead atoms. The molecule has 1 N–H and O–H groups in total. The minimum Gasteiger partial charge on any atom is -0.444 e. The van der Waals surface area contributed by atoms with E-state index in [-0.39, 0.29) is 11.6 Å². The molecule has 28 heavy (non-hydrogen) atoms. The van der Waals surface area contributed by atoms with Crippen molar-refractivity contribution in [1.82, 2.24) is 9.88 Å². The number of pyridine rings is 1. The van der Waals surface area contributed by atoms with Crippen LogP contribution >= 0.6 is 0 Å². The number of benzene rings is 1. The van der Waals surface area contributed by atoms with Crippen molar-refractivity contribution in [2.75, 3.05) is 19.4 Å². The topological polar surface area (TPSA) is 71.5 Å². The van der Waals surface area contributed by atoms with E-state index in [1.807, 2.05) is 0 Å². The van der Waals surface area contributed by atoms with Crippen molar-refractivity contribution in [3.8, 4) is 0 Å². The normalized spacial score (nSPS) is 11.7. The highest BCUT2D eigenvalue weighted by Gasteiger charge is 2.19. The maximum absolute atomic E-state index is 13.2. The molecule has 0 aliphatic heterocycles. The number of nitrogens with zero attached hydrogens (tertiary/aromatic N) is 2. The Bertz CT molecular complexity index is 885. The number of rotatable bonds is 5. The quantitative estimate of drug-likeness (QED) is 0.612. The van der Waals surface area contributed by atoms with Crippen LogP contribution in [0.4, 0.5) is 15.0 Å². The van der Waals surface area contributed by atoms with Gasteiger partial charge in [0.15, 0.2) is 5.78 Å². The monoisotopic (exact) mass is 385 g/mol. The lowest BCUT2D eigenvalue weighted by Gasteiger charge is -2.19. The second-order valence-corrected chi connectivity index (χ2v) is 7.40. The third-order valence-electron chi connectivity index (χ3n) is 3.44. The van der Waals surface area contributed by atoms with Crippen LogP contribution in [0.1, 0.15) is 36.7 Å². The number of ether oxygens (including phenoxy) is 1. The number of carbonyl (C=O) groups excluding carboxylic acids is 2. The molecule has 6 nitrogen and oxygen atoms in total. The van der Waals surface area contributed by atoms with Gasteiger partial charge >= 0.3 is 6.09 Å². The number of hydrogen-bond donors (Lipinski definition) is 1. The SMILES string of the molecule is CN(C)/C=C(/C(=O)c1ccc(F)cc1)c1ccnc(NC(=O)OC(C)(C)C)c1. The Morgan fingerprint density at radius 3 is 2.32 bits per heavy atom. The molecule has 148 valence electrons. The molecule has 0 fully saturated rings. The first-order valence-corrected chi connectivity index (χ1v) is 8.70. The van der Waals surface area contributed by atoms with Gasteiger partial charge in [-0.05, 0) is 62.7 Å². The van der Waals surface area contributed by atoms with Crippen LogP contribution in [-0.2, 0) is 4.74 Å². The number of carbonyl (C=O) groups is 2. The fourth-order valence-electron chi connectivity index (χ4n) is 2.35. The van der Waals surface area contributed by atoms with Crippen molar-refractivity contribution in [3.63, 3.8) is 0 Å². The van der Waals surface area contributed by atoms with Gasteiger partial charge in [-0.25, -0.2) is 14.2 Å². The summed E-state index contributed by atoms with van der Waals surface area (Å²) in [5.74, 6) is -0.436. The van der Waals surface area contributed by atoms with E-state index < -0.39 is 17.5 Å². The summed E-state index contributed by atoms with van der Waals surface area (Å²) in [6, 6.07) is 8.59. The van der Waals surface area contributed by atoms with E-state index in [2.05, 4.69) is 10.3 Å². The molecule has 0 saturated carbocycles. The fourth-order valence-corrected chi connectivity index (χ4v) is 2.35. The summed E-state index contributed by atoms with van der Waals surface area (Å²) < 4.78 is 18.4. The molecular weight excluding hydrogens is 361 g/mol. The Balaban J connectivity index is 2.33. The Labute approximate surface area is 164 Å². The van der Waals surface area contributed by atoms with E-state index in [0.717, 1.165) is 0 Å². The summed E-state index contributed by atoms with van der Waals surface area (Å²) in [5, 5.41) is 2.56. The second kappa shape index (κ2) is 8.65. The molecule has 1 heterocycles. The van der Waals surface area contributed by atoms with Gasteiger partial charge in [0.05, 0.1) is 0 Å². The molecule has 7 heteroatoms. The zero-order valence-corrected chi connectivity index (χ0v) is 16.6. The number of nitrogens with one attached hydrogen (secondary N) is 1. The summed E-state index contributed by atoms with van der Waals surface area (Å²) >= 11 is 0. The van der Waals surface area contributed by atoms with Crippen molar-refractivity contribution >= 4 is 23.3 Å². The van der Waals surface area contributed by atoms with Crippen molar-refractivity contribution in [1.29, 1.82) is 0 Å². The average Bonchev–Trinajstić information content (AvgIpc) is 2.58. The predicted molar refractivity (Wildman–Crippen MR) is 106 cm³/mol. The molecule has 2 aromatic rings. The molecule has 0 atom stereocenters. The van der Waals surface area contributed by atoms with Gasteiger partial charge in [-0.1, -0.05) is 0 Å². The highest BCUT2D eigenvalue weighted by Crippen LogP contribution is 2.23. The van der Waals surface area contributed by atoms with Gasteiger partial charge in [0.25, 0.3) is 0 Å². The Morgan fingerprint density at radius 2 is 1.75 bits per heavy atom. The number of Topliss-reactive ketones (excluding diaryl/α,β-unsaturated/α-hetero) is 1. The summed E-state index contributed by atoms with van der Waals surface area (Å²) in [7, 11) is 3.58. The predicted octanol–water partition coefficient (Wildman–Crippen LogP) is 4.35. The molecule has 0 saturated heterocycles. The van der Waals surface area contributed by atoms with Gasteiger partial charge in [-0.3, -0.25) is 10.1 Å². The summed E-state index contributed by atoms with van der Waals surface area (Å²) in [6.07, 6.45) is 2.52. The second-order valence-electron chi connectivity index (χ2n) is 7.40. The number of amides is 1. The van der Waals surface area contributed by atoms with Crippen LogP contribution in [0, 0.1) is 5.82 Å². The zero-order valence-electron chi connectivity index (χ0n) is 16.6. The lowest BCUT2D eigenvalue weighted by molar-refractivity contribution is 0.0635. The van der Waals surface area contributed by atoms with Gasteiger partial charge in [0.2, 0.25) is 0 Å². The number of hydrogen-bond acceptors (Lipinski definition) is 5. The molecule has 0 radical (unpaired) electrons. The maximum Gasteiger partial charge on any atom is 0.413 e. The maximum atomic E-state index is 13.2. The van der Waals surface area contributed by atoms with Gasteiger partial charge < -0.3 is 9.64 Å². The van der Waals surface area contributed by atoms with Crippen LogP contribution in [0.15, 0.2) is 48.8 Å². The van der Waals surface area contributed by atoms with E-state index in [1.165, 1.54) is 30.5 Å². The number of ketones is 1. The fraction of sp³-hybridized carbons (Fsp3) is 0.286. The number of aromatic nitrogens is 1. The van der Waals surface area contributed by atoms with Gasteiger partial charge in [-0.2, -0.15) is 0 Å². The molecule has 0 aliphatic carbocycles. The van der Waals surface area contributed by atoms with Crippen LogP contribution in [0.2, 0.25) is 0 Å². The summed E-state index contributed by atoms with van der Waals surface area (Å²) in [6.45, 7) is 5.28. The largest absolute Gasteiger partial charge is 0.444 e. The average molecular weight is 385 g/mol. The molecule has 0 aliphatic rings. The third-order valence-corrected chi connectivity index (χ3v) is 3.44. The molecule has 1 amide bonds. The Morgan fingerprint density at radius 1 is 1.11 bits per heavy atom. The van der Waals surface area contributed by atoms with Crippen LogP contribution in [0.5, 0.6) is 0 Å². The lowest BCUT2D eigenvalue weighted by atomic mass is 9.98. The summed E-state index contributed by atoms with van der Waals surface area (Å²) in [5.41, 5.74) is 0.652. The van der Waals surface area contributed by atoms with Crippen molar-refractivity contribution in [3.05, 3.63) is 65.7 Å².